The summed E-state index contributed by atoms with van der Waals surface area (Å²) in [7, 11) is -2.28. The quantitative estimate of drug-likeness (QED) is 0.647. The number of phenolic OH excluding ortho intramolecular Hbond substituents is 1. The van der Waals surface area contributed by atoms with E-state index in [9.17, 15) is 27.5 Å². The average Bonchev–Trinajstić information content (AvgIpc) is 2.81. The minimum absolute atomic E-state index is 0.0515. The molecular formula is C15H19FN4O5S. The highest BCUT2D eigenvalue weighted by atomic mass is 32.2. The van der Waals surface area contributed by atoms with Gasteiger partial charge in [0.1, 0.15) is 18.0 Å². The Kier molecular flexibility index (Phi) is 4.76. The first kappa shape index (κ1) is 18.4. The van der Waals surface area contributed by atoms with Gasteiger partial charge >= 0.3 is 10.2 Å². The van der Waals surface area contributed by atoms with Gasteiger partial charge in [-0.15, -0.1) is 0 Å². The second-order valence-electron chi connectivity index (χ2n) is 6.41. The van der Waals surface area contributed by atoms with Crippen LogP contribution in [0.4, 0.5) is 10.1 Å². The van der Waals surface area contributed by atoms with Gasteiger partial charge in [-0.1, -0.05) is 0 Å². The van der Waals surface area contributed by atoms with Gasteiger partial charge in [0.05, 0.1) is 0 Å². The Labute approximate surface area is 150 Å². The molecule has 142 valence electrons. The van der Waals surface area contributed by atoms with E-state index in [1.54, 1.807) is 4.72 Å². The SMILES string of the molecule is CN1CCC(NC(=O)c2cc(O)c(N3CC(=O)NS3(=O)=O)c(F)c2)CC1. The first-order valence-electron chi connectivity index (χ1n) is 8.02. The Morgan fingerprint density at radius 3 is 2.54 bits per heavy atom. The van der Waals surface area contributed by atoms with Gasteiger partial charge in [-0.2, -0.15) is 8.42 Å². The zero-order valence-electron chi connectivity index (χ0n) is 14.0. The molecule has 2 fully saturated rings. The van der Waals surface area contributed by atoms with E-state index in [0.717, 1.165) is 38.1 Å². The minimum Gasteiger partial charge on any atom is -0.506 e. The monoisotopic (exact) mass is 386 g/mol. The maximum atomic E-state index is 14.4. The Bertz CT molecular complexity index is 829. The Morgan fingerprint density at radius 1 is 1.35 bits per heavy atom. The predicted octanol–water partition coefficient (Wildman–Crippen LogP) is -0.464. The number of hydrogen-bond donors (Lipinski definition) is 3. The Morgan fingerprint density at radius 2 is 2.00 bits per heavy atom. The normalized spacial score (nSPS) is 20.8. The highest BCUT2D eigenvalue weighted by Crippen LogP contribution is 2.34. The van der Waals surface area contributed by atoms with Gasteiger partial charge < -0.3 is 15.3 Å². The van der Waals surface area contributed by atoms with Crippen molar-refractivity contribution in [3.05, 3.63) is 23.5 Å². The van der Waals surface area contributed by atoms with E-state index in [2.05, 4.69) is 10.2 Å². The molecule has 2 heterocycles. The van der Waals surface area contributed by atoms with E-state index in [1.165, 1.54) is 0 Å². The second-order valence-corrected chi connectivity index (χ2v) is 8.01. The molecule has 0 atom stereocenters. The van der Waals surface area contributed by atoms with Crippen molar-refractivity contribution in [3.8, 4) is 5.75 Å². The van der Waals surface area contributed by atoms with Crippen molar-refractivity contribution in [1.82, 2.24) is 14.9 Å². The fraction of sp³-hybridized carbons (Fsp3) is 0.467. The standard InChI is InChI=1S/C15H19FN4O5S/c1-19-4-2-10(3-5-19)17-15(23)9-6-11(16)14(12(21)7-9)20-8-13(22)18-26(20,24)25/h6-7,10,21H,2-5,8H2,1H3,(H,17,23)(H,18,22). The van der Waals surface area contributed by atoms with Crippen molar-refractivity contribution in [2.45, 2.75) is 18.9 Å². The molecule has 0 bridgehead atoms. The summed E-state index contributed by atoms with van der Waals surface area (Å²) in [6.07, 6.45) is 1.52. The van der Waals surface area contributed by atoms with Gasteiger partial charge in [0.2, 0.25) is 0 Å². The first-order chi connectivity index (χ1) is 12.2. The molecule has 0 spiro atoms. The van der Waals surface area contributed by atoms with Crippen LogP contribution in [0.5, 0.6) is 5.75 Å². The third-order valence-electron chi connectivity index (χ3n) is 4.43. The predicted molar refractivity (Wildman–Crippen MR) is 90.5 cm³/mol. The van der Waals surface area contributed by atoms with Crippen molar-refractivity contribution >= 4 is 27.7 Å². The summed E-state index contributed by atoms with van der Waals surface area (Å²) < 4.78 is 40.2. The lowest BCUT2D eigenvalue weighted by Gasteiger charge is -2.29. The molecule has 2 saturated heterocycles. The molecule has 26 heavy (non-hydrogen) atoms. The molecule has 2 aliphatic heterocycles. The summed E-state index contributed by atoms with van der Waals surface area (Å²) in [5, 5.41) is 12.8. The number of rotatable bonds is 3. The van der Waals surface area contributed by atoms with Crippen molar-refractivity contribution in [2.24, 2.45) is 0 Å². The Balaban J connectivity index is 1.81. The first-order valence-corrected chi connectivity index (χ1v) is 9.46. The van der Waals surface area contributed by atoms with Crippen molar-refractivity contribution in [1.29, 1.82) is 0 Å². The van der Waals surface area contributed by atoms with Gasteiger partial charge in [0.15, 0.2) is 5.82 Å². The fourth-order valence-corrected chi connectivity index (χ4v) is 4.20. The molecule has 1 aromatic rings. The van der Waals surface area contributed by atoms with Crippen LogP contribution in [-0.2, 0) is 15.0 Å². The topological polar surface area (TPSA) is 119 Å². The maximum Gasteiger partial charge on any atom is 0.326 e. The second kappa shape index (κ2) is 6.72. The van der Waals surface area contributed by atoms with Crippen LogP contribution in [0.15, 0.2) is 12.1 Å². The molecule has 0 aliphatic carbocycles. The zero-order chi connectivity index (χ0) is 19.1. The average molecular weight is 386 g/mol. The number of piperidine rings is 1. The van der Waals surface area contributed by atoms with E-state index in [0.29, 0.717) is 4.31 Å². The molecule has 3 rings (SSSR count). The largest absolute Gasteiger partial charge is 0.506 e. The molecule has 0 aromatic heterocycles. The summed E-state index contributed by atoms with van der Waals surface area (Å²) in [6, 6.07) is 1.78. The number of halogens is 1. The lowest BCUT2D eigenvalue weighted by Crippen LogP contribution is -2.43. The lowest BCUT2D eigenvalue weighted by atomic mass is 10.0. The minimum atomic E-state index is -4.27. The number of anilines is 1. The smallest absolute Gasteiger partial charge is 0.326 e. The van der Waals surface area contributed by atoms with E-state index in [-0.39, 0.29) is 11.6 Å². The van der Waals surface area contributed by atoms with Gasteiger partial charge in [-0.3, -0.25) is 9.59 Å². The van der Waals surface area contributed by atoms with E-state index >= 15 is 0 Å². The number of nitrogens with one attached hydrogen (secondary N) is 2. The number of aromatic hydroxyl groups is 1. The van der Waals surface area contributed by atoms with Crippen LogP contribution in [0.1, 0.15) is 23.2 Å². The third-order valence-corrected chi connectivity index (χ3v) is 5.81. The van der Waals surface area contributed by atoms with Crippen LogP contribution < -0.4 is 14.3 Å². The van der Waals surface area contributed by atoms with Crippen molar-refractivity contribution < 1.29 is 27.5 Å². The van der Waals surface area contributed by atoms with Crippen LogP contribution in [0, 0.1) is 5.82 Å². The highest BCUT2D eigenvalue weighted by Gasteiger charge is 2.37. The van der Waals surface area contributed by atoms with Gasteiger partial charge in [0.25, 0.3) is 11.8 Å². The molecule has 3 N–H and O–H groups in total. The van der Waals surface area contributed by atoms with E-state index in [4.69, 9.17) is 0 Å². The van der Waals surface area contributed by atoms with E-state index in [1.807, 2.05) is 7.05 Å². The van der Waals surface area contributed by atoms with Crippen LogP contribution >= 0.6 is 0 Å². The molecule has 2 amide bonds. The number of hydrogen-bond acceptors (Lipinski definition) is 6. The van der Waals surface area contributed by atoms with Crippen LogP contribution in [0.2, 0.25) is 0 Å². The van der Waals surface area contributed by atoms with Gasteiger partial charge in [-0.25, -0.2) is 13.4 Å². The summed E-state index contributed by atoms with van der Waals surface area (Å²) in [4.78, 5) is 25.7. The number of amides is 2. The van der Waals surface area contributed by atoms with Crippen LogP contribution in [0.3, 0.4) is 0 Å². The summed E-state index contributed by atoms with van der Waals surface area (Å²) >= 11 is 0. The van der Waals surface area contributed by atoms with Gasteiger partial charge in [-0.05, 0) is 45.1 Å². The molecular weight excluding hydrogens is 367 g/mol. The third kappa shape index (κ3) is 3.58. The molecule has 2 aliphatic rings. The van der Waals surface area contributed by atoms with Crippen molar-refractivity contribution in [3.63, 3.8) is 0 Å². The molecule has 0 saturated carbocycles. The summed E-state index contributed by atoms with van der Waals surface area (Å²) in [6.45, 7) is 1.02. The molecule has 0 unspecified atom stereocenters. The van der Waals surface area contributed by atoms with Crippen molar-refractivity contribution in [2.75, 3.05) is 31.0 Å². The molecule has 9 nitrogen and oxygen atoms in total. The molecule has 0 radical (unpaired) electrons. The van der Waals surface area contributed by atoms with Crippen LogP contribution in [-0.4, -0.2) is 63.0 Å². The highest BCUT2D eigenvalue weighted by molar-refractivity contribution is 7.92. The number of benzene rings is 1. The number of phenols is 1. The number of nitrogens with zero attached hydrogens (tertiary/aromatic N) is 2. The zero-order valence-corrected chi connectivity index (χ0v) is 14.8. The lowest BCUT2D eigenvalue weighted by molar-refractivity contribution is -0.117. The Hall–Kier alpha value is -2.40. The molecule has 1 aromatic carbocycles. The number of carbonyl (C=O) groups is 2. The van der Waals surface area contributed by atoms with Crippen LogP contribution in [0.25, 0.3) is 0 Å². The molecule has 11 heteroatoms. The summed E-state index contributed by atoms with van der Waals surface area (Å²) in [5.41, 5.74) is -0.794. The fourth-order valence-electron chi connectivity index (χ4n) is 3.03. The van der Waals surface area contributed by atoms with Gasteiger partial charge in [0, 0.05) is 11.6 Å². The number of likely N-dealkylation sites (tertiary alicyclic amines) is 1. The maximum absolute atomic E-state index is 14.4. The van der Waals surface area contributed by atoms with E-state index < -0.39 is 45.8 Å². The number of carbonyl (C=O) groups excluding carboxylic acids is 2. The summed E-state index contributed by atoms with van der Waals surface area (Å²) in [5.74, 6) is -3.25.